The van der Waals surface area contributed by atoms with Gasteiger partial charge in [-0.1, -0.05) is 23.7 Å². The Morgan fingerprint density at radius 2 is 1.96 bits per heavy atom. The van der Waals surface area contributed by atoms with Crippen LogP contribution in [0.2, 0.25) is 5.02 Å². The highest BCUT2D eigenvalue weighted by Gasteiger charge is 2.15. The van der Waals surface area contributed by atoms with Crippen molar-refractivity contribution in [1.29, 1.82) is 0 Å². The molecule has 0 saturated heterocycles. The Kier molecular flexibility index (Phi) is 6.86. The third-order valence-electron chi connectivity index (χ3n) is 3.52. The van der Waals surface area contributed by atoms with Crippen LogP contribution in [0.1, 0.15) is 11.1 Å². The van der Waals surface area contributed by atoms with Crippen LogP contribution in [0.5, 0.6) is 5.75 Å². The molecule has 0 bridgehead atoms. The molecule has 0 unspecified atom stereocenters. The maximum Gasteiger partial charge on any atom is 0.288 e. The van der Waals surface area contributed by atoms with Gasteiger partial charge in [-0.2, -0.15) is 0 Å². The van der Waals surface area contributed by atoms with Gasteiger partial charge in [0.05, 0.1) is 12.0 Å². The monoisotopic (exact) mass is 405 g/mol. The van der Waals surface area contributed by atoms with Crippen molar-refractivity contribution in [3.8, 4) is 5.75 Å². The van der Waals surface area contributed by atoms with Gasteiger partial charge in [0.25, 0.3) is 5.69 Å². The fourth-order valence-electron chi connectivity index (χ4n) is 2.13. The predicted molar refractivity (Wildman–Crippen MR) is 109 cm³/mol. The van der Waals surface area contributed by atoms with E-state index < -0.39 is 10.8 Å². The molecule has 2 N–H and O–H groups in total. The minimum absolute atomic E-state index is 0.0263. The lowest BCUT2D eigenvalue weighted by atomic mass is 10.2. The second-order valence-corrected chi connectivity index (χ2v) is 6.24. The number of carbonyl (C=O) groups excluding carboxylic acids is 1. The van der Waals surface area contributed by atoms with E-state index in [9.17, 15) is 14.9 Å². The molecule has 2 rings (SSSR count). The van der Waals surface area contributed by atoms with Crippen LogP contribution in [0, 0.1) is 17.0 Å². The van der Waals surface area contributed by atoms with Crippen LogP contribution in [0.3, 0.4) is 0 Å². The minimum atomic E-state index is -0.566. The maximum atomic E-state index is 12.0. The fourth-order valence-corrected chi connectivity index (χ4v) is 2.58. The van der Waals surface area contributed by atoms with Crippen LogP contribution in [-0.4, -0.2) is 23.1 Å². The number of nitro benzene ring substituents is 1. The second kappa shape index (κ2) is 9.11. The first-order chi connectivity index (χ1) is 12.8. The van der Waals surface area contributed by atoms with Gasteiger partial charge in [-0.25, -0.2) is 0 Å². The smallest absolute Gasteiger partial charge is 0.288 e. The van der Waals surface area contributed by atoms with Gasteiger partial charge in [-0.3, -0.25) is 20.2 Å². The lowest BCUT2D eigenvalue weighted by Crippen LogP contribution is -2.33. The van der Waals surface area contributed by atoms with E-state index in [4.69, 9.17) is 28.6 Å². The Morgan fingerprint density at radius 1 is 1.30 bits per heavy atom. The van der Waals surface area contributed by atoms with Crippen molar-refractivity contribution in [2.75, 3.05) is 12.4 Å². The highest BCUT2D eigenvalue weighted by atomic mass is 35.5. The van der Waals surface area contributed by atoms with Gasteiger partial charge >= 0.3 is 0 Å². The van der Waals surface area contributed by atoms with Crippen LogP contribution in [-0.2, 0) is 4.79 Å². The molecule has 2 aromatic rings. The van der Waals surface area contributed by atoms with E-state index in [1.165, 1.54) is 18.2 Å². The average Bonchev–Trinajstić information content (AvgIpc) is 2.62. The van der Waals surface area contributed by atoms with Crippen molar-refractivity contribution in [2.45, 2.75) is 6.92 Å². The van der Waals surface area contributed by atoms with Crippen molar-refractivity contribution in [1.82, 2.24) is 5.32 Å². The Labute approximate surface area is 166 Å². The van der Waals surface area contributed by atoms with Gasteiger partial charge in [0.2, 0.25) is 5.91 Å². The zero-order valence-corrected chi connectivity index (χ0v) is 16.1. The summed E-state index contributed by atoms with van der Waals surface area (Å²) in [4.78, 5) is 22.3. The van der Waals surface area contributed by atoms with Crippen molar-refractivity contribution in [3.63, 3.8) is 0 Å². The molecule has 9 heteroatoms. The Bertz CT molecular complexity index is 914. The number of methoxy groups -OCH3 is 1. The number of hydrogen-bond donors (Lipinski definition) is 2. The Morgan fingerprint density at radius 3 is 2.56 bits per heavy atom. The number of anilines is 1. The fraction of sp³-hybridized carbons (Fsp3) is 0.111. The van der Waals surface area contributed by atoms with E-state index in [1.807, 2.05) is 0 Å². The number of thiocarbonyl (C=S) groups is 1. The first-order valence-electron chi connectivity index (χ1n) is 7.69. The number of ether oxygens (including phenoxy) is 1. The molecule has 1 amide bonds. The molecule has 0 aliphatic rings. The normalized spacial score (nSPS) is 10.5. The van der Waals surface area contributed by atoms with E-state index in [0.29, 0.717) is 11.3 Å². The van der Waals surface area contributed by atoms with E-state index in [2.05, 4.69) is 10.6 Å². The number of nitrogens with one attached hydrogen (secondary N) is 2. The summed E-state index contributed by atoms with van der Waals surface area (Å²) in [6.07, 6.45) is 2.97. The van der Waals surface area contributed by atoms with Crippen molar-refractivity contribution in [3.05, 3.63) is 68.7 Å². The number of aryl methyl sites for hydroxylation is 1. The van der Waals surface area contributed by atoms with Gasteiger partial charge in [-0.15, -0.1) is 0 Å². The van der Waals surface area contributed by atoms with Crippen molar-refractivity contribution >= 4 is 52.3 Å². The van der Waals surface area contributed by atoms with Gasteiger partial charge in [-0.05, 0) is 54.5 Å². The molecule has 0 fully saturated rings. The number of benzene rings is 2. The molecular formula is C18H16ClN3O4S. The first-order valence-corrected chi connectivity index (χ1v) is 8.47. The quantitative estimate of drug-likeness (QED) is 0.337. The van der Waals surface area contributed by atoms with Crippen molar-refractivity contribution < 1.29 is 14.5 Å². The predicted octanol–water partition coefficient (Wildman–Crippen LogP) is 4.09. The summed E-state index contributed by atoms with van der Waals surface area (Å²) >= 11 is 11.0. The summed E-state index contributed by atoms with van der Waals surface area (Å²) in [5.74, 6) is 0.299. The summed E-state index contributed by atoms with van der Waals surface area (Å²) in [5, 5.41) is 16.2. The summed E-state index contributed by atoms with van der Waals surface area (Å²) in [7, 11) is 1.58. The molecule has 7 nitrogen and oxygen atoms in total. The molecule has 0 aromatic heterocycles. The van der Waals surface area contributed by atoms with Crippen LogP contribution in [0.25, 0.3) is 6.08 Å². The molecule has 0 saturated carbocycles. The lowest BCUT2D eigenvalue weighted by Gasteiger charge is -2.11. The SMILES string of the molecule is COc1ccc(/C=C/C(=O)NC(=S)Nc2cc(Cl)c([N+](=O)[O-])cc2C)cc1. The topological polar surface area (TPSA) is 93.5 Å². The highest BCUT2D eigenvalue weighted by molar-refractivity contribution is 7.80. The zero-order valence-electron chi connectivity index (χ0n) is 14.5. The van der Waals surface area contributed by atoms with Crippen LogP contribution < -0.4 is 15.4 Å². The molecule has 0 atom stereocenters. The molecule has 0 radical (unpaired) electrons. The molecule has 0 aliphatic heterocycles. The summed E-state index contributed by atoms with van der Waals surface area (Å²) in [6, 6.07) is 9.90. The van der Waals surface area contributed by atoms with Gasteiger partial charge in [0, 0.05) is 17.8 Å². The number of rotatable bonds is 5. The van der Waals surface area contributed by atoms with Crippen LogP contribution >= 0.6 is 23.8 Å². The van der Waals surface area contributed by atoms with Gasteiger partial charge in [0.1, 0.15) is 10.8 Å². The number of nitrogens with zero attached hydrogens (tertiary/aromatic N) is 1. The minimum Gasteiger partial charge on any atom is -0.497 e. The second-order valence-electron chi connectivity index (χ2n) is 5.43. The van der Waals surface area contributed by atoms with E-state index in [0.717, 1.165) is 11.3 Å². The molecule has 0 heterocycles. The number of amides is 1. The number of halogens is 1. The molecule has 140 valence electrons. The standard InChI is InChI=1S/C18H16ClN3O4S/c1-11-9-16(22(24)25)14(19)10-15(11)20-18(27)21-17(23)8-5-12-3-6-13(26-2)7-4-12/h3-10H,1-2H3,(H2,20,21,23,27)/b8-5+. The van der Waals surface area contributed by atoms with E-state index in [-0.39, 0.29) is 15.8 Å². The summed E-state index contributed by atoms with van der Waals surface area (Å²) in [5.41, 5.74) is 1.66. The largest absolute Gasteiger partial charge is 0.497 e. The van der Waals surface area contributed by atoms with Gasteiger partial charge < -0.3 is 10.1 Å². The molecule has 0 spiro atoms. The molecule has 0 aliphatic carbocycles. The Hall–Kier alpha value is -2.97. The number of nitro groups is 1. The zero-order chi connectivity index (χ0) is 20.0. The van der Waals surface area contributed by atoms with E-state index >= 15 is 0 Å². The maximum absolute atomic E-state index is 12.0. The third-order valence-corrected chi connectivity index (χ3v) is 4.03. The lowest BCUT2D eigenvalue weighted by molar-refractivity contribution is -0.384. The average molecular weight is 406 g/mol. The third kappa shape index (κ3) is 5.77. The Balaban J connectivity index is 1.98. The molecule has 27 heavy (non-hydrogen) atoms. The van der Waals surface area contributed by atoms with E-state index in [1.54, 1.807) is 44.4 Å². The van der Waals surface area contributed by atoms with Crippen LogP contribution in [0.4, 0.5) is 11.4 Å². The molecule has 2 aromatic carbocycles. The number of carbonyl (C=O) groups is 1. The van der Waals surface area contributed by atoms with Gasteiger partial charge in [0.15, 0.2) is 5.11 Å². The summed E-state index contributed by atoms with van der Waals surface area (Å²) in [6.45, 7) is 1.67. The number of hydrogen-bond acceptors (Lipinski definition) is 5. The summed E-state index contributed by atoms with van der Waals surface area (Å²) < 4.78 is 5.07. The highest BCUT2D eigenvalue weighted by Crippen LogP contribution is 2.30. The van der Waals surface area contributed by atoms with Crippen molar-refractivity contribution in [2.24, 2.45) is 0 Å². The molecular weight excluding hydrogens is 390 g/mol. The first kappa shape index (κ1) is 20.3. The van der Waals surface area contributed by atoms with Crippen LogP contribution in [0.15, 0.2) is 42.5 Å².